The van der Waals surface area contributed by atoms with Crippen LogP contribution in [0.2, 0.25) is 0 Å². The monoisotopic (exact) mass is 330 g/mol. The van der Waals surface area contributed by atoms with Crippen molar-refractivity contribution in [2.45, 2.75) is 19.9 Å². The number of nitrogen functional groups attached to an aromatic ring is 1. The number of anilines is 2. The SMILES string of the molecule is Cc1ccccc1OCCN(C)C(C)c1nc(N)nc(N(C)C)n1. The third-order valence-electron chi connectivity index (χ3n) is 3.89. The molecule has 1 heterocycles. The summed E-state index contributed by atoms with van der Waals surface area (Å²) < 4.78 is 5.85. The minimum absolute atomic E-state index is 0.00877. The van der Waals surface area contributed by atoms with Gasteiger partial charge < -0.3 is 15.4 Å². The lowest BCUT2D eigenvalue weighted by atomic mass is 10.2. The normalized spacial score (nSPS) is 12.2. The molecule has 0 saturated carbocycles. The predicted molar refractivity (Wildman–Crippen MR) is 96.3 cm³/mol. The van der Waals surface area contributed by atoms with Gasteiger partial charge >= 0.3 is 0 Å². The van der Waals surface area contributed by atoms with Crippen LogP contribution in [0.1, 0.15) is 24.4 Å². The molecule has 1 aromatic heterocycles. The zero-order valence-electron chi connectivity index (χ0n) is 15.0. The molecule has 0 radical (unpaired) electrons. The molecule has 7 nitrogen and oxygen atoms in total. The zero-order chi connectivity index (χ0) is 17.7. The van der Waals surface area contributed by atoms with E-state index in [9.17, 15) is 0 Å². The second-order valence-electron chi connectivity index (χ2n) is 6.02. The van der Waals surface area contributed by atoms with Crippen molar-refractivity contribution in [1.82, 2.24) is 19.9 Å². The lowest BCUT2D eigenvalue weighted by Crippen LogP contribution is -2.29. The molecular weight excluding hydrogens is 304 g/mol. The quantitative estimate of drug-likeness (QED) is 0.830. The molecule has 130 valence electrons. The van der Waals surface area contributed by atoms with Gasteiger partial charge in [0.05, 0.1) is 6.04 Å². The van der Waals surface area contributed by atoms with Crippen molar-refractivity contribution in [3.63, 3.8) is 0 Å². The van der Waals surface area contributed by atoms with Gasteiger partial charge in [0.2, 0.25) is 11.9 Å². The maximum atomic E-state index is 5.85. The van der Waals surface area contributed by atoms with Gasteiger partial charge in [-0.2, -0.15) is 15.0 Å². The summed E-state index contributed by atoms with van der Waals surface area (Å²) in [4.78, 5) is 16.8. The van der Waals surface area contributed by atoms with E-state index in [2.05, 4.69) is 19.9 Å². The minimum atomic E-state index is 0.00877. The third-order valence-corrected chi connectivity index (χ3v) is 3.89. The van der Waals surface area contributed by atoms with Gasteiger partial charge in [0.15, 0.2) is 5.82 Å². The molecule has 7 heteroatoms. The van der Waals surface area contributed by atoms with E-state index in [1.807, 2.05) is 64.2 Å². The Hall–Kier alpha value is -2.41. The Morgan fingerprint density at radius 1 is 1.12 bits per heavy atom. The standard InChI is InChI=1S/C17H26N6O/c1-12-8-6-7-9-14(12)24-11-10-23(5)13(2)15-19-16(18)21-17(20-15)22(3)4/h6-9,13H,10-11H2,1-5H3,(H2,18,19,20,21). The number of benzene rings is 1. The Morgan fingerprint density at radius 3 is 2.50 bits per heavy atom. The number of hydrogen-bond donors (Lipinski definition) is 1. The summed E-state index contributed by atoms with van der Waals surface area (Å²) in [7, 11) is 5.77. The van der Waals surface area contributed by atoms with E-state index >= 15 is 0 Å². The van der Waals surface area contributed by atoms with Gasteiger partial charge in [-0.1, -0.05) is 18.2 Å². The average molecular weight is 330 g/mol. The number of likely N-dealkylation sites (N-methyl/N-ethyl adjacent to an activating group) is 1. The van der Waals surface area contributed by atoms with Crippen LogP contribution >= 0.6 is 0 Å². The maximum Gasteiger partial charge on any atom is 0.229 e. The number of aromatic nitrogens is 3. The number of ether oxygens (including phenoxy) is 1. The molecule has 0 fully saturated rings. The number of hydrogen-bond acceptors (Lipinski definition) is 7. The summed E-state index contributed by atoms with van der Waals surface area (Å²) in [5.74, 6) is 2.37. The Balaban J connectivity index is 1.97. The molecule has 0 spiro atoms. The van der Waals surface area contributed by atoms with Crippen LogP contribution in [0.5, 0.6) is 5.75 Å². The number of nitrogens with two attached hydrogens (primary N) is 1. The molecule has 0 amide bonds. The van der Waals surface area contributed by atoms with Crippen LogP contribution in [0.15, 0.2) is 24.3 Å². The van der Waals surface area contributed by atoms with Gasteiger partial charge in [0.1, 0.15) is 12.4 Å². The van der Waals surface area contributed by atoms with Gasteiger partial charge in [0.25, 0.3) is 0 Å². The largest absolute Gasteiger partial charge is 0.492 e. The van der Waals surface area contributed by atoms with Gasteiger partial charge in [0, 0.05) is 20.6 Å². The summed E-state index contributed by atoms with van der Waals surface area (Å²) in [5.41, 5.74) is 6.93. The van der Waals surface area contributed by atoms with Crippen LogP contribution in [0.3, 0.4) is 0 Å². The summed E-state index contributed by atoms with van der Waals surface area (Å²) >= 11 is 0. The highest BCUT2D eigenvalue weighted by Crippen LogP contribution is 2.19. The van der Waals surface area contributed by atoms with E-state index in [1.54, 1.807) is 0 Å². The maximum absolute atomic E-state index is 5.85. The molecule has 24 heavy (non-hydrogen) atoms. The van der Waals surface area contributed by atoms with Crippen LogP contribution in [-0.2, 0) is 0 Å². The topological polar surface area (TPSA) is 80.4 Å². The molecule has 0 saturated heterocycles. The highest BCUT2D eigenvalue weighted by atomic mass is 16.5. The smallest absolute Gasteiger partial charge is 0.229 e. The van der Waals surface area contributed by atoms with Crippen LogP contribution in [0.4, 0.5) is 11.9 Å². The molecule has 0 aliphatic rings. The van der Waals surface area contributed by atoms with E-state index in [1.165, 1.54) is 0 Å². The highest BCUT2D eigenvalue weighted by molar-refractivity contribution is 5.33. The fourth-order valence-corrected chi connectivity index (χ4v) is 2.19. The number of rotatable bonds is 7. The predicted octanol–water partition coefficient (Wildman–Crippen LogP) is 1.90. The molecule has 0 bridgehead atoms. The Kier molecular flexibility index (Phi) is 5.92. The lowest BCUT2D eigenvalue weighted by molar-refractivity contribution is 0.195. The number of para-hydroxylation sites is 1. The molecule has 1 aromatic carbocycles. The first-order valence-corrected chi connectivity index (χ1v) is 7.96. The zero-order valence-corrected chi connectivity index (χ0v) is 15.0. The number of nitrogens with zero attached hydrogens (tertiary/aromatic N) is 5. The second-order valence-corrected chi connectivity index (χ2v) is 6.02. The van der Waals surface area contributed by atoms with Crippen molar-refractivity contribution in [2.24, 2.45) is 0 Å². The molecule has 1 unspecified atom stereocenters. The molecule has 2 aromatic rings. The van der Waals surface area contributed by atoms with E-state index in [0.29, 0.717) is 18.4 Å². The summed E-state index contributed by atoms with van der Waals surface area (Å²) in [6, 6.07) is 8.01. The summed E-state index contributed by atoms with van der Waals surface area (Å²) in [6.07, 6.45) is 0. The molecule has 0 aliphatic heterocycles. The van der Waals surface area contributed by atoms with Crippen LogP contribution in [0.25, 0.3) is 0 Å². The van der Waals surface area contributed by atoms with Gasteiger partial charge in [-0.05, 0) is 32.5 Å². The first kappa shape index (κ1) is 17.9. The van der Waals surface area contributed by atoms with E-state index < -0.39 is 0 Å². The van der Waals surface area contributed by atoms with Crippen LogP contribution in [0, 0.1) is 6.92 Å². The third kappa shape index (κ3) is 4.55. The Morgan fingerprint density at radius 2 is 1.83 bits per heavy atom. The summed E-state index contributed by atoms with van der Waals surface area (Å²) in [6.45, 7) is 5.42. The van der Waals surface area contributed by atoms with Gasteiger partial charge in [-0.15, -0.1) is 0 Å². The number of aryl methyl sites for hydroxylation is 1. The van der Waals surface area contributed by atoms with Crippen molar-refractivity contribution in [3.05, 3.63) is 35.7 Å². The minimum Gasteiger partial charge on any atom is -0.492 e. The van der Waals surface area contributed by atoms with Crippen LogP contribution < -0.4 is 15.4 Å². The lowest BCUT2D eigenvalue weighted by Gasteiger charge is -2.24. The highest BCUT2D eigenvalue weighted by Gasteiger charge is 2.17. The van der Waals surface area contributed by atoms with E-state index in [0.717, 1.165) is 17.9 Å². The van der Waals surface area contributed by atoms with Crippen molar-refractivity contribution in [3.8, 4) is 5.75 Å². The van der Waals surface area contributed by atoms with Crippen LogP contribution in [-0.4, -0.2) is 54.1 Å². The average Bonchev–Trinajstić information content (AvgIpc) is 2.55. The molecule has 2 rings (SSSR count). The van der Waals surface area contributed by atoms with E-state index in [-0.39, 0.29) is 12.0 Å². The van der Waals surface area contributed by atoms with Gasteiger partial charge in [-0.25, -0.2) is 0 Å². The first-order valence-electron chi connectivity index (χ1n) is 7.96. The van der Waals surface area contributed by atoms with Crippen molar-refractivity contribution >= 4 is 11.9 Å². The second kappa shape index (κ2) is 7.92. The van der Waals surface area contributed by atoms with Crippen molar-refractivity contribution in [2.75, 3.05) is 44.9 Å². The fourth-order valence-electron chi connectivity index (χ4n) is 2.19. The first-order chi connectivity index (χ1) is 11.4. The van der Waals surface area contributed by atoms with E-state index in [4.69, 9.17) is 10.5 Å². The molecule has 1 atom stereocenters. The Labute approximate surface area is 143 Å². The Bertz CT molecular complexity index is 676. The van der Waals surface area contributed by atoms with Gasteiger partial charge in [-0.3, -0.25) is 4.90 Å². The fraction of sp³-hybridized carbons (Fsp3) is 0.471. The molecular formula is C17H26N6O. The molecule has 0 aliphatic carbocycles. The molecule has 2 N–H and O–H groups in total. The summed E-state index contributed by atoms with van der Waals surface area (Å²) in [5, 5.41) is 0. The van der Waals surface area contributed by atoms with Crippen molar-refractivity contribution in [1.29, 1.82) is 0 Å². The van der Waals surface area contributed by atoms with Crippen molar-refractivity contribution < 1.29 is 4.74 Å².